The van der Waals surface area contributed by atoms with Crippen molar-refractivity contribution in [3.8, 4) is 0 Å². The third-order valence-electron chi connectivity index (χ3n) is 3.07. The summed E-state index contributed by atoms with van der Waals surface area (Å²) in [6.45, 7) is 10.9. The molecule has 0 bridgehead atoms. The van der Waals surface area contributed by atoms with Gasteiger partial charge in [0.25, 0.3) is 0 Å². The zero-order valence-electron chi connectivity index (χ0n) is 15.6. The van der Waals surface area contributed by atoms with Crippen LogP contribution in [0.4, 0.5) is 0 Å². The molecule has 1 heterocycles. The molecule has 0 unspecified atom stereocenters. The highest BCUT2D eigenvalue weighted by atomic mass is 16.5. The molecule has 0 aliphatic carbocycles. The van der Waals surface area contributed by atoms with Crippen LogP contribution in [0.1, 0.15) is 37.5 Å². The number of ether oxygens (including phenoxy) is 2. The van der Waals surface area contributed by atoms with E-state index in [2.05, 4.69) is 43.1 Å². The lowest BCUT2D eigenvalue weighted by atomic mass is 10.1. The Kier molecular flexibility index (Phi) is 10.9. The van der Waals surface area contributed by atoms with Crippen LogP contribution in [0, 0.1) is 13.8 Å². The van der Waals surface area contributed by atoms with Crippen molar-refractivity contribution < 1.29 is 9.47 Å². The van der Waals surface area contributed by atoms with Crippen LogP contribution >= 0.6 is 0 Å². The van der Waals surface area contributed by atoms with E-state index in [0.29, 0.717) is 6.61 Å². The second kappa shape index (κ2) is 11.8. The Bertz CT molecular complexity index is 498. The van der Waals surface area contributed by atoms with E-state index in [1.165, 1.54) is 11.1 Å². The smallest absolute Gasteiger partial charge is 0.0728 e. The summed E-state index contributed by atoms with van der Waals surface area (Å²) in [6.07, 6.45) is 3.54. The van der Waals surface area contributed by atoms with E-state index in [0.717, 1.165) is 5.56 Å². The summed E-state index contributed by atoms with van der Waals surface area (Å²) in [5, 5.41) is 0. The molecule has 0 spiro atoms. The average Bonchev–Trinajstić information content (AvgIpc) is 2.52. The van der Waals surface area contributed by atoms with Gasteiger partial charge in [0.15, 0.2) is 0 Å². The molecule has 0 atom stereocenters. The van der Waals surface area contributed by atoms with Crippen LogP contribution in [-0.4, -0.2) is 24.8 Å². The second-order valence-electron chi connectivity index (χ2n) is 6.20. The van der Waals surface area contributed by atoms with Crippen molar-refractivity contribution in [2.24, 2.45) is 0 Å². The maximum Gasteiger partial charge on any atom is 0.0728 e. The van der Waals surface area contributed by atoms with Crippen LogP contribution in [0.25, 0.3) is 0 Å². The monoisotopic (exact) mass is 317 g/mol. The van der Waals surface area contributed by atoms with Crippen molar-refractivity contribution >= 4 is 0 Å². The molecule has 0 radical (unpaired) electrons. The molecule has 0 saturated carbocycles. The summed E-state index contributed by atoms with van der Waals surface area (Å²) in [7, 11) is 3.38. The fourth-order valence-electron chi connectivity index (χ4n) is 1.31. The van der Waals surface area contributed by atoms with Gasteiger partial charge in [-0.05, 0) is 57.4 Å². The second-order valence-corrected chi connectivity index (χ2v) is 6.20. The van der Waals surface area contributed by atoms with E-state index in [1.54, 1.807) is 26.6 Å². The van der Waals surface area contributed by atoms with Gasteiger partial charge in [0.1, 0.15) is 0 Å². The zero-order valence-corrected chi connectivity index (χ0v) is 15.6. The lowest BCUT2D eigenvalue weighted by Crippen LogP contribution is -2.15. The Hall–Kier alpha value is -1.71. The Labute approximate surface area is 141 Å². The molecule has 3 heteroatoms. The summed E-state index contributed by atoms with van der Waals surface area (Å²) in [5.74, 6) is 0. The molecule has 1 aromatic carbocycles. The number of benzene rings is 1. The Morgan fingerprint density at radius 1 is 0.913 bits per heavy atom. The van der Waals surface area contributed by atoms with Crippen molar-refractivity contribution in [3.63, 3.8) is 0 Å². The highest BCUT2D eigenvalue weighted by Crippen LogP contribution is 2.03. The molecule has 0 aliphatic rings. The lowest BCUT2D eigenvalue weighted by molar-refractivity contribution is 0.0397. The fraction of sp³-hybridized carbons (Fsp3) is 0.450. The molecule has 0 amide bonds. The van der Waals surface area contributed by atoms with Crippen LogP contribution in [0.15, 0.2) is 48.8 Å². The van der Waals surface area contributed by atoms with Crippen molar-refractivity contribution in [1.82, 2.24) is 4.98 Å². The highest BCUT2D eigenvalue weighted by Gasteiger charge is 2.04. The lowest BCUT2D eigenvalue weighted by Gasteiger charge is -2.14. The van der Waals surface area contributed by atoms with Gasteiger partial charge in [0.2, 0.25) is 0 Å². The molecule has 0 aliphatic heterocycles. The van der Waals surface area contributed by atoms with Gasteiger partial charge in [0.05, 0.1) is 12.2 Å². The van der Waals surface area contributed by atoms with Crippen LogP contribution in [-0.2, 0) is 16.1 Å². The molecule has 128 valence electrons. The Balaban J connectivity index is 0.000000323. The van der Waals surface area contributed by atoms with Gasteiger partial charge in [-0.25, -0.2) is 0 Å². The minimum Gasteiger partial charge on any atom is -0.380 e. The molecule has 0 saturated heterocycles. The molecule has 23 heavy (non-hydrogen) atoms. The topological polar surface area (TPSA) is 31.4 Å². The van der Waals surface area contributed by atoms with E-state index < -0.39 is 0 Å². The quantitative estimate of drug-likeness (QED) is 0.784. The summed E-state index contributed by atoms with van der Waals surface area (Å²) < 4.78 is 9.83. The third kappa shape index (κ3) is 12.5. The standard InChI is InChI=1S/C8H10.C7H9NO.C5H12O/c1-7-5-3-4-6-8(7)2;1-9-6-7-3-2-4-8-5-7;1-5(2,3)6-4/h3-6H,1-2H3;2-5H,6H2,1H3;1-4H3. The van der Waals surface area contributed by atoms with Gasteiger partial charge in [0, 0.05) is 26.6 Å². The maximum absolute atomic E-state index is 4.94. The van der Waals surface area contributed by atoms with Crippen molar-refractivity contribution in [3.05, 3.63) is 65.5 Å². The summed E-state index contributed by atoms with van der Waals surface area (Å²) in [6, 6.07) is 12.2. The number of nitrogens with zero attached hydrogens (tertiary/aromatic N) is 1. The number of pyridine rings is 1. The number of methoxy groups -OCH3 is 2. The molecule has 0 N–H and O–H groups in total. The minimum atomic E-state index is 0.0417. The summed E-state index contributed by atoms with van der Waals surface area (Å²) >= 11 is 0. The largest absolute Gasteiger partial charge is 0.380 e. The highest BCUT2D eigenvalue weighted by molar-refractivity contribution is 5.23. The molecule has 3 nitrogen and oxygen atoms in total. The van der Waals surface area contributed by atoms with E-state index >= 15 is 0 Å². The van der Waals surface area contributed by atoms with Gasteiger partial charge < -0.3 is 9.47 Å². The fourth-order valence-corrected chi connectivity index (χ4v) is 1.31. The molecule has 2 rings (SSSR count). The summed E-state index contributed by atoms with van der Waals surface area (Å²) in [4.78, 5) is 3.92. The first-order valence-corrected chi connectivity index (χ1v) is 7.75. The van der Waals surface area contributed by atoms with Crippen LogP contribution < -0.4 is 0 Å². The number of rotatable bonds is 2. The van der Waals surface area contributed by atoms with Gasteiger partial charge in [-0.3, -0.25) is 4.98 Å². The van der Waals surface area contributed by atoms with Crippen LogP contribution in [0.3, 0.4) is 0 Å². The van der Waals surface area contributed by atoms with Gasteiger partial charge >= 0.3 is 0 Å². The predicted octanol–water partition coefficient (Wildman–Crippen LogP) is 4.96. The van der Waals surface area contributed by atoms with Gasteiger partial charge in [-0.15, -0.1) is 0 Å². The normalized spacial score (nSPS) is 10.0. The Morgan fingerprint density at radius 2 is 1.43 bits per heavy atom. The number of hydrogen-bond donors (Lipinski definition) is 0. The maximum atomic E-state index is 4.94. The van der Waals surface area contributed by atoms with E-state index in [4.69, 9.17) is 9.47 Å². The van der Waals surface area contributed by atoms with Gasteiger partial charge in [-0.1, -0.05) is 30.3 Å². The number of aromatic nitrogens is 1. The van der Waals surface area contributed by atoms with Crippen molar-refractivity contribution in [1.29, 1.82) is 0 Å². The first kappa shape index (κ1) is 21.3. The number of aryl methyl sites for hydroxylation is 2. The first-order valence-electron chi connectivity index (χ1n) is 7.75. The third-order valence-corrected chi connectivity index (χ3v) is 3.07. The molecule has 2 aromatic rings. The number of hydrogen-bond acceptors (Lipinski definition) is 3. The van der Waals surface area contributed by atoms with E-state index in [1.807, 2.05) is 32.9 Å². The molecular weight excluding hydrogens is 286 g/mol. The van der Waals surface area contributed by atoms with E-state index in [9.17, 15) is 0 Å². The van der Waals surface area contributed by atoms with E-state index in [-0.39, 0.29) is 5.60 Å². The minimum absolute atomic E-state index is 0.0417. The van der Waals surface area contributed by atoms with Crippen LogP contribution in [0.2, 0.25) is 0 Å². The predicted molar refractivity (Wildman–Crippen MR) is 97.6 cm³/mol. The Morgan fingerprint density at radius 3 is 1.74 bits per heavy atom. The molecule has 1 aromatic heterocycles. The van der Waals surface area contributed by atoms with Crippen LogP contribution in [0.5, 0.6) is 0 Å². The van der Waals surface area contributed by atoms with Gasteiger partial charge in [-0.2, -0.15) is 0 Å². The summed E-state index contributed by atoms with van der Waals surface area (Å²) in [5.41, 5.74) is 3.89. The first-order chi connectivity index (χ1) is 10.8. The molecular formula is C20H31NO2. The van der Waals surface area contributed by atoms with Crippen molar-refractivity contribution in [2.45, 2.75) is 46.8 Å². The molecule has 0 fully saturated rings. The average molecular weight is 317 g/mol. The SMILES string of the molecule is COC(C)(C)C.COCc1cccnc1.Cc1ccccc1C. The zero-order chi connectivity index (χ0) is 17.7. The van der Waals surface area contributed by atoms with Crippen molar-refractivity contribution in [2.75, 3.05) is 14.2 Å².